The van der Waals surface area contributed by atoms with E-state index in [0.29, 0.717) is 6.54 Å². The molecule has 0 aliphatic rings. The quantitative estimate of drug-likeness (QED) is 0.871. The number of hydrogen-bond donors (Lipinski definition) is 2. The highest BCUT2D eigenvalue weighted by Crippen LogP contribution is 2.25. The van der Waals surface area contributed by atoms with Gasteiger partial charge in [-0.1, -0.05) is 22.0 Å². The van der Waals surface area contributed by atoms with Crippen molar-refractivity contribution in [3.05, 3.63) is 28.2 Å². The topological polar surface area (TPSA) is 35.5 Å². The molecule has 0 heterocycles. The normalized spacial score (nSPS) is 13.4. The van der Waals surface area contributed by atoms with Crippen LogP contribution in [0.1, 0.15) is 33.3 Å². The maximum absolute atomic E-state index is 9.53. The lowest BCUT2D eigenvalue weighted by atomic mass is 10.1. The Morgan fingerprint density at radius 2 is 2.00 bits per heavy atom. The second kappa shape index (κ2) is 6.73. The summed E-state index contributed by atoms with van der Waals surface area (Å²) in [5.74, 6) is 0. The van der Waals surface area contributed by atoms with E-state index in [4.69, 9.17) is 0 Å². The number of rotatable bonds is 5. The van der Waals surface area contributed by atoms with Crippen molar-refractivity contribution in [1.29, 1.82) is 0 Å². The number of aliphatic hydroxyl groups is 1. The number of nitrogens with zero attached hydrogens (tertiary/aromatic N) is 1. The fourth-order valence-corrected chi connectivity index (χ4v) is 2.25. The van der Waals surface area contributed by atoms with Crippen LogP contribution in [0.3, 0.4) is 0 Å². The average molecular weight is 329 g/mol. The summed E-state index contributed by atoms with van der Waals surface area (Å²) in [6.45, 7) is 9.72. The van der Waals surface area contributed by atoms with Crippen molar-refractivity contribution in [3.63, 3.8) is 0 Å². The number of benzene rings is 1. The minimum Gasteiger partial charge on any atom is -0.392 e. The largest absolute Gasteiger partial charge is 0.392 e. The van der Waals surface area contributed by atoms with Gasteiger partial charge in [0.15, 0.2) is 0 Å². The second-order valence-electron chi connectivity index (χ2n) is 6.11. The number of anilines is 1. The van der Waals surface area contributed by atoms with Gasteiger partial charge in [0.1, 0.15) is 0 Å². The summed E-state index contributed by atoms with van der Waals surface area (Å²) in [6.07, 6.45) is -0.340. The molecule has 0 aliphatic carbocycles. The van der Waals surface area contributed by atoms with Gasteiger partial charge in [-0.05, 0) is 45.4 Å². The molecule has 0 bridgehead atoms. The molecule has 0 saturated heterocycles. The zero-order chi connectivity index (χ0) is 14.6. The molecule has 4 heteroatoms. The summed E-state index contributed by atoms with van der Waals surface area (Å²) in [5.41, 5.74) is 2.47. The number of likely N-dealkylation sites (N-methyl/N-ethyl adjacent to an activating group) is 1. The van der Waals surface area contributed by atoms with Crippen LogP contribution in [0.4, 0.5) is 5.69 Å². The fraction of sp³-hybridized carbons (Fsp3) is 0.600. The summed E-state index contributed by atoms with van der Waals surface area (Å²) in [5, 5.41) is 13.0. The Hall–Kier alpha value is -0.580. The van der Waals surface area contributed by atoms with E-state index < -0.39 is 0 Å². The van der Waals surface area contributed by atoms with Crippen molar-refractivity contribution in [2.24, 2.45) is 0 Å². The van der Waals surface area contributed by atoms with E-state index >= 15 is 0 Å². The summed E-state index contributed by atoms with van der Waals surface area (Å²) in [6, 6.07) is 6.28. The molecule has 0 spiro atoms. The Morgan fingerprint density at radius 3 is 2.53 bits per heavy atom. The molecule has 0 aromatic heterocycles. The van der Waals surface area contributed by atoms with Crippen LogP contribution < -0.4 is 10.2 Å². The predicted molar refractivity (Wildman–Crippen MR) is 85.7 cm³/mol. The van der Waals surface area contributed by atoms with Gasteiger partial charge in [0.2, 0.25) is 0 Å². The molecule has 0 saturated carbocycles. The first-order valence-corrected chi connectivity index (χ1v) is 7.41. The molecule has 108 valence electrons. The van der Waals surface area contributed by atoms with Crippen molar-refractivity contribution in [3.8, 4) is 0 Å². The number of halogens is 1. The number of nitrogens with one attached hydrogen (secondary N) is 1. The molecule has 1 rings (SSSR count). The molecule has 1 unspecified atom stereocenters. The lowest BCUT2D eigenvalue weighted by Crippen LogP contribution is -2.36. The summed E-state index contributed by atoms with van der Waals surface area (Å²) >= 11 is 3.51. The van der Waals surface area contributed by atoms with Gasteiger partial charge in [-0.15, -0.1) is 0 Å². The Labute approximate surface area is 125 Å². The fourth-order valence-electron chi connectivity index (χ4n) is 1.90. The molecule has 2 N–H and O–H groups in total. The predicted octanol–water partition coefficient (Wildman–Crippen LogP) is 3.15. The Kier molecular flexibility index (Phi) is 5.83. The van der Waals surface area contributed by atoms with Gasteiger partial charge in [0, 0.05) is 35.8 Å². The first-order valence-electron chi connectivity index (χ1n) is 6.61. The van der Waals surface area contributed by atoms with Crippen LogP contribution in [0.25, 0.3) is 0 Å². The average Bonchev–Trinajstić information content (AvgIpc) is 2.25. The third kappa shape index (κ3) is 5.93. The van der Waals surface area contributed by atoms with Crippen LogP contribution in [0.2, 0.25) is 0 Å². The van der Waals surface area contributed by atoms with Crippen LogP contribution >= 0.6 is 15.9 Å². The van der Waals surface area contributed by atoms with Gasteiger partial charge in [-0.2, -0.15) is 0 Å². The highest BCUT2D eigenvalue weighted by molar-refractivity contribution is 9.10. The van der Waals surface area contributed by atoms with Crippen molar-refractivity contribution in [2.75, 3.05) is 18.5 Å². The molecular weight excluding hydrogens is 304 g/mol. The molecule has 0 radical (unpaired) electrons. The van der Waals surface area contributed by atoms with Gasteiger partial charge >= 0.3 is 0 Å². The molecule has 3 nitrogen and oxygen atoms in total. The van der Waals surface area contributed by atoms with E-state index in [9.17, 15) is 5.11 Å². The Morgan fingerprint density at radius 1 is 1.37 bits per heavy atom. The lowest BCUT2D eigenvalue weighted by Gasteiger charge is -2.26. The standard InChI is InChI=1S/C15H25BrN2O/c1-11(19)10-18(5)14-8-13(16)7-6-12(14)9-17-15(2,3)4/h6-8,11,17,19H,9-10H2,1-5H3. The molecule has 0 fully saturated rings. The van der Waals surface area contributed by atoms with Crippen molar-refractivity contribution in [2.45, 2.75) is 45.9 Å². The highest BCUT2D eigenvalue weighted by Gasteiger charge is 2.13. The number of aliphatic hydroxyl groups excluding tert-OH is 1. The Balaban J connectivity index is 2.91. The van der Waals surface area contributed by atoms with Gasteiger partial charge in [0.05, 0.1) is 6.10 Å². The summed E-state index contributed by atoms with van der Waals surface area (Å²) < 4.78 is 1.06. The van der Waals surface area contributed by atoms with E-state index in [1.807, 2.05) is 14.0 Å². The molecule has 1 aromatic carbocycles. The molecule has 1 atom stereocenters. The maximum atomic E-state index is 9.53. The molecule has 0 amide bonds. The second-order valence-corrected chi connectivity index (χ2v) is 7.02. The summed E-state index contributed by atoms with van der Waals surface area (Å²) in [4.78, 5) is 2.09. The maximum Gasteiger partial charge on any atom is 0.0686 e. The van der Waals surface area contributed by atoms with Gasteiger partial charge in [0.25, 0.3) is 0 Å². The van der Waals surface area contributed by atoms with Gasteiger partial charge < -0.3 is 15.3 Å². The van der Waals surface area contributed by atoms with Crippen LogP contribution in [-0.2, 0) is 6.54 Å². The third-order valence-corrected chi connectivity index (χ3v) is 3.30. The Bertz CT molecular complexity index is 413. The SMILES string of the molecule is CC(O)CN(C)c1cc(Br)ccc1CNC(C)(C)C. The van der Waals surface area contributed by atoms with Crippen LogP contribution in [-0.4, -0.2) is 30.3 Å². The molecule has 1 aromatic rings. The smallest absolute Gasteiger partial charge is 0.0686 e. The van der Waals surface area contributed by atoms with Crippen molar-refractivity contribution in [1.82, 2.24) is 5.32 Å². The van der Waals surface area contributed by atoms with E-state index in [1.165, 1.54) is 5.56 Å². The van der Waals surface area contributed by atoms with Crippen LogP contribution in [0.15, 0.2) is 22.7 Å². The zero-order valence-corrected chi connectivity index (χ0v) is 14.1. The third-order valence-electron chi connectivity index (χ3n) is 2.81. The van der Waals surface area contributed by atoms with Gasteiger partial charge in [-0.3, -0.25) is 0 Å². The van der Waals surface area contributed by atoms with Crippen LogP contribution in [0.5, 0.6) is 0 Å². The van der Waals surface area contributed by atoms with E-state index in [-0.39, 0.29) is 11.6 Å². The minimum atomic E-state index is -0.340. The van der Waals surface area contributed by atoms with Gasteiger partial charge in [-0.25, -0.2) is 0 Å². The van der Waals surface area contributed by atoms with E-state index in [1.54, 1.807) is 0 Å². The monoisotopic (exact) mass is 328 g/mol. The summed E-state index contributed by atoms with van der Waals surface area (Å²) in [7, 11) is 2.01. The minimum absolute atomic E-state index is 0.0905. The first-order chi connectivity index (χ1) is 8.69. The molecular formula is C15H25BrN2O. The highest BCUT2D eigenvalue weighted by atomic mass is 79.9. The van der Waals surface area contributed by atoms with E-state index in [2.05, 4.69) is 65.1 Å². The lowest BCUT2D eigenvalue weighted by molar-refractivity contribution is 0.201. The number of hydrogen-bond acceptors (Lipinski definition) is 3. The van der Waals surface area contributed by atoms with Crippen LogP contribution in [0, 0.1) is 0 Å². The van der Waals surface area contributed by atoms with Crippen molar-refractivity contribution < 1.29 is 5.11 Å². The molecule has 19 heavy (non-hydrogen) atoms. The van der Waals surface area contributed by atoms with Crippen molar-refractivity contribution >= 4 is 21.6 Å². The van der Waals surface area contributed by atoms with E-state index in [0.717, 1.165) is 16.7 Å². The zero-order valence-electron chi connectivity index (χ0n) is 12.5. The molecule has 0 aliphatic heterocycles. The first kappa shape index (κ1) is 16.5.